The zero-order valence-corrected chi connectivity index (χ0v) is 29.0. The summed E-state index contributed by atoms with van der Waals surface area (Å²) >= 11 is 0. The van der Waals surface area contributed by atoms with E-state index in [0.29, 0.717) is 5.89 Å². The summed E-state index contributed by atoms with van der Waals surface area (Å²) in [5.41, 5.74) is 16.5. The third-order valence-electron chi connectivity index (χ3n) is 10.4. The van der Waals surface area contributed by atoms with Crippen LogP contribution in [0.25, 0.3) is 89.0 Å². The van der Waals surface area contributed by atoms with Crippen molar-refractivity contribution in [3.05, 3.63) is 200 Å². The van der Waals surface area contributed by atoms with E-state index in [1.54, 1.807) is 0 Å². The molecule has 7 aromatic carbocycles. The van der Waals surface area contributed by atoms with Gasteiger partial charge in [-0.25, -0.2) is 4.98 Å². The van der Waals surface area contributed by atoms with Crippen LogP contribution in [0, 0.1) is 0 Å². The van der Waals surface area contributed by atoms with Gasteiger partial charge in [-0.1, -0.05) is 134 Å². The quantitative estimate of drug-likeness (QED) is 0.185. The Balaban J connectivity index is 1.11. The molecule has 10 rings (SSSR count). The van der Waals surface area contributed by atoms with Crippen molar-refractivity contribution in [3.63, 3.8) is 0 Å². The summed E-state index contributed by atoms with van der Waals surface area (Å²) in [7, 11) is 0. The molecule has 0 unspecified atom stereocenters. The average molecular weight is 679 g/mol. The molecule has 0 aliphatic heterocycles. The molecule has 0 fully saturated rings. The average Bonchev–Trinajstić information content (AvgIpc) is 3.78. The predicted octanol–water partition coefficient (Wildman–Crippen LogP) is 13.3. The maximum Gasteiger partial charge on any atom is 0.227 e. The van der Waals surface area contributed by atoms with E-state index < -0.39 is 0 Å². The van der Waals surface area contributed by atoms with Crippen LogP contribution in [0.4, 0.5) is 0 Å². The molecule has 0 N–H and O–H groups in total. The predicted molar refractivity (Wildman–Crippen MR) is 221 cm³/mol. The summed E-state index contributed by atoms with van der Waals surface area (Å²) in [5, 5.41) is 2.30. The molecule has 53 heavy (non-hydrogen) atoms. The Morgan fingerprint density at radius 1 is 0.528 bits per heavy atom. The van der Waals surface area contributed by atoms with Crippen LogP contribution < -0.4 is 0 Å². The third-order valence-corrected chi connectivity index (χ3v) is 10.4. The van der Waals surface area contributed by atoms with E-state index in [4.69, 9.17) is 9.40 Å². The molecular weight excluding hydrogens is 645 g/mol. The first-order valence-electron chi connectivity index (χ1n) is 18.0. The Morgan fingerprint density at radius 3 is 2.00 bits per heavy atom. The first-order valence-corrected chi connectivity index (χ1v) is 18.0. The lowest BCUT2D eigenvalue weighted by molar-refractivity contribution is 0.620. The summed E-state index contributed by atoms with van der Waals surface area (Å²) in [5.74, 6) is 0.625. The Morgan fingerprint density at radius 2 is 1.19 bits per heavy atom. The van der Waals surface area contributed by atoms with Crippen LogP contribution in [0.2, 0.25) is 0 Å². The van der Waals surface area contributed by atoms with Gasteiger partial charge in [0.15, 0.2) is 5.58 Å². The molecule has 250 valence electrons. The van der Waals surface area contributed by atoms with E-state index in [2.05, 4.69) is 163 Å². The second-order valence-electron chi connectivity index (χ2n) is 13.6. The molecule has 0 bridgehead atoms. The van der Waals surface area contributed by atoms with E-state index in [1.807, 2.05) is 30.3 Å². The molecule has 2 heterocycles. The Hall–Kier alpha value is -6.97. The minimum absolute atomic E-state index is 0.625. The van der Waals surface area contributed by atoms with Gasteiger partial charge >= 0.3 is 0 Å². The maximum atomic E-state index is 6.37. The highest BCUT2D eigenvalue weighted by molar-refractivity contribution is 6.13. The van der Waals surface area contributed by atoms with Gasteiger partial charge in [-0.15, -0.1) is 0 Å². The molecule has 0 radical (unpaired) electrons. The first kappa shape index (κ1) is 30.8. The monoisotopic (exact) mass is 678 g/mol. The molecule has 9 aromatic rings. The van der Waals surface area contributed by atoms with Gasteiger partial charge in [-0.05, 0) is 111 Å². The van der Waals surface area contributed by atoms with E-state index in [9.17, 15) is 0 Å². The van der Waals surface area contributed by atoms with Crippen molar-refractivity contribution in [3.8, 4) is 50.5 Å². The number of hydrogen-bond donors (Lipinski definition) is 0. The lowest BCUT2D eigenvalue weighted by Crippen LogP contribution is -1.96. The summed E-state index contributed by atoms with van der Waals surface area (Å²) in [6.45, 7) is 4.38. The Labute approximate surface area is 308 Å². The minimum Gasteiger partial charge on any atom is -0.436 e. The smallest absolute Gasteiger partial charge is 0.227 e. The minimum atomic E-state index is 0.625. The molecule has 0 amide bonds. The third kappa shape index (κ3) is 5.42. The van der Waals surface area contributed by atoms with Gasteiger partial charge < -0.3 is 8.98 Å². The Bertz CT molecular complexity index is 2910. The fraction of sp³-hybridized carbons (Fsp3) is 0.0200. The SMILES string of the molecule is C=C1/C=C\C=C/Cc2ccc(-c3ccc(-n4c5ccc(-c6ccccc6)cc5c5cc6oc(-c7ccccc7)nc6cc54)cc3)cc2-c2ccccc21. The van der Waals surface area contributed by atoms with Gasteiger partial charge in [-0.2, -0.15) is 0 Å². The van der Waals surface area contributed by atoms with Gasteiger partial charge in [0.1, 0.15) is 5.52 Å². The number of fused-ring (bicyclic) bond motifs is 7. The van der Waals surface area contributed by atoms with Gasteiger partial charge in [0.05, 0.1) is 11.0 Å². The van der Waals surface area contributed by atoms with Crippen molar-refractivity contribution in [1.29, 1.82) is 0 Å². The van der Waals surface area contributed by atoms with E-state index in [-0.39, 0.29) is 0 Å². The molecule has 0 saturated carbocycles. The molecular formula is C50H34N2O. The highest BCUT2D eigenvalue weighted by atomic mass is 16.3. The van der Waals surface area contributed by atoms with Crippen LogP contribution in [0.5, 0.6) is 0 Å². The second kappa shape index (κ2) is 12.7. The zero-order chi connectivity index (χ0) is 35.3. The molecule has 0 spiro atoms. The van der Waals surface area contributed by atoms with Gasteiger partial charge in [0.25, 0.3) is 0 Å². The molecule has 1 aliphatic carbocycles. The van der Waals surface area contributed by atoms with E-state index in [0.717, 1.165) is 56.3 Å². The van der Waals surface area contributed by atoms with Crippen molar-refractivity contribution in [2.75, 3.05) is 0 Å². The molecule has 0 saturated heterocycles. The fourth-order valence-corrected chi connectivity index (χ4v) is 7.75. The fourth-order valence-electron chi connectivity index (χ4n) is 7.75. The summed E-state index contributed by atoms with van der Waals surface area (Å²) < 4.78 is 8.72. The Kier molecular flexibility index (Phi) is 7.36. The van der Waals surface area contributed by atoms with Crippen molar-refractivity contribution in [2.45, 2.75) is 6.42 Å². The van der Waals surface area contributed by atoms with Crippen molar-refractivity contribution in [2.24, 2.45) is 0 Å². The van der Waals surface area contributed by atoms with Crippen molar-refractivity contribution < 1.29 is 4.42 Å². The van der Waals surface area contributed by atoms with Gasteiger partial charge in [0, 0.05) is 22.0 Å². The van der Waals surface area contributed by atoms with Crippen LogP contribution in [-0.4, -0.2) is 9.55 Å². The highest BCUT2D eigenvalue weighted by Gasteiger charge is 2.18. The number of rotatable bonds is 4. The molecule has 1 aliphatic rings. The normalized spacial score (nSPS) is 13.9. The number of aromatic nitrogens is 2. The summed E-state index contributed by atoms with van der Waals surface area (Å²) in [6, 6.07) is 56.2. The van der Waals surface area contributed by atoms with E-state index >= 15 is 0 Å². The largest absolute Gasteiger partial charge is 0.436 e. The topological polar surface area (TPSA) is 31.0 Å². The summed E-state index contributed by atoms with van der Waals surface area (Å²) in [4.78, 5) is 4.94. The van der Waals surface area contributed by atoms with Gasteiger partial charge in [0.2, 0.25) is 5.89 Å². The standard InChI is InChI=1S/C50H34N2O/c1-33-13-5-2-8-16-36-21-22-38(29-43(36)42-20-12-11-19-41(33)42)35-23-26-40(27-24-35)52-47-28-25-39(34-14-6-3-7-15-34)30-44(47)45-31-49-46(32-48(45)52)51-50(53-49)37-17-9-4-10-18-37/h2-15,17-32H,1,16H2/b8-2-,13-5-. The zero-order valence-electron chi connectivity index (χ0n) is 29.0. The maximum absolute atomic E-state index is 6.37. The van der Waals surface area contributed by atoms with Crippen LogP contribution in [-0.2, 0) is 6.42 Å². The second-order valence-corrected chi connectivity index (χ2v) is 13.6. The molecule has 2 aromatic heterocycles. The van der Waals surface area contributed by atoms with Crippen LogP contribution >= 0.6 is 0 Å². The number of nitrogens with zero attached hydrogens (tertiary/aromatic N) is 2. The van der Waals surface area contributed by atoms with E-state index in [1.165, 1.54) is 44.3 Å². The summed E-state index contributed by atoms with van der Waals surface area (Å²) in [6.07, 6.45) is 9.37. The lowest BCUT2D eigenvalue weighted by Gasteiger charge is -2.16. The molecule has 3 heteroatoms. The highest BCUT2D eigenvalue weighted by Crippen LogP contribution is 2.39. The number of hydrogen-bond acceptors (Lipinski definition) is 2. The lowest BCUT2D eigenvalue weighted by atomic mass is 9.88. The van der Waals surface area contributed by atoms with Gasteiger partial charge in [-0.3, -0.25) is 0 Å². The number of allylic oxidation sites excluding steroid dienone is 5. The molecule has 3 nitrogen and oxygen atoms in total. The number of benzene rings is 7. The molecule has 0 atom stereocenters. The number of oxazole rings is 1. The van der Waals surface area contributed by atoms with Crippen LogP contribution in [0.1, 0.15) is 11.1 Å². The van der Waals surface area contributed by atoms with Crippen molar-refractivity contribution >= 4 is 38.5 Å². The van der Waals surface area contributed by atoms with Crippen LogP contribution in [0.15, 0.2) is 193 Å². The van der Waals surface area contributed by atoms with Crippen LogP contribution in [0.3, 0.4) is 0 Å². The first-order chi connectivity index (χ1) is 26.2. The van der Waals surface area contributed by atoms with Crippen molar-refractivity contribution in [1.82, 2.24) is 9.55 Å².